The summed E-state index contributed by atoms with van der Waals surface area (Å²) in [6.45, 7) is 5.50. The Balaban J connectivity index is 2.71. The molecule has 0 heterocycles. The van der Waals surface area contributed by atoms with Gasteiger partial charge in [-0.25, -0.2) is 0 Å². The van der Waals surface area contributed by atoms with E-state index in [1.807, 2.05) is 31.3 Å². The summed E-state index contributed by atoms with van der Waals surface area (Å²) in [5.41, 5.74) is 0.230. The topological polar surface area (TPSA) is 58.6 Å². The second kappa shape index (κ2) is 5.87. The van der Waals surface area contributed by atoms with Crippen molar-refractivity contribution in [1.82, 2.24) is 5.32 Å². The van der Waals surface area contributed by atoms with Crippen LogP contribution in [0.2, 0.25) is 0 Å². The van der Waals surface area contributed by atoms with Crippen LogP contribution in [0.15, 0.2) is 24.3 Å². The lowest BCUT2D eigenvalue weighted by atomic mass is 9.95. The summed E-state index contributed by atoms with van der Waals surface area (Å²) in [6, 6.07) is 7.92. The molecule has 0 radical (unpaired) electrons. The highest BCUT2D eigenvalue weighted by atomic mass is 16.5. The lowest BCUT2D eigenvalue weighted by molar-refractivity contribution is -0.148. The fourth-order valence-electron chi connectivity index (χ4n) is 1.37. The second-order valence-electron chi connectivity index (χ2n) is 5.06. The van der Waals surface area contributed by atoms with Gasteiger partial charge in [-0.3, -0.25) is 4.79 Å². The average Bonchev–Trinajstić information content (AvgIpc) is 2.35. The SMILES string of the molecule is CNC(C)c1cccc(OCC(C)(C)C(=O)O)c1. The first-order valence-electron chi connectivity index (χ1n) is 6.00. The molecule has 4 nitrogen and oxygen atoms in total. The molecule has 18 heavy (non-hydrogen) atoms. The maximum atomic E-state index is 11.0. The zero-order chi connectivity index (χ0) is 13.8. The van der Waals surface area contributed by atoms with Gasteiger partial charge in [-0.1, -0.05) is 12.1 Å². The monoisotopic (exact) mass is 251 g/mol. The van der Waals surface area contributed by atoms with E-state index >= 15 is 0 Å². The number of hydrogen-bond acceptors (Lipinski definition) is 3. The summed E-state index contributed by atoms with van der Waals surface area (Å²) in [7, 11) is 1.89. The van der Waals surface area contributed by atoms with Crippen LogP contribution >= 0.6 is 0 Å². The third kappa shape index (κ3) is 3.74. The number of carbonyl (C=O) groups is 1. The standard InChI is InChI=1S/C14H21NO3/c1-10(15-4)11-6-5-7-12(8-11)18-9-14(2,3)13(16)17/h5-8,10,15H,9H2,1-4H3,(H,16,17). The summed E-state index contributed by atoms with van der Waals surface area (Å²) in [4.78, 5) is 11.0. The van der Waals surface area contributed by atoms with Crippen molar-refractivity contribution in [2.45, 2.75) is 26.8 Å². The Bertz CT molecular complexity index is 415. The van der Waals surface area contributed by atoms with Crippen LogP contribution in [-0.4, -0.2) is 24.7 Å². The predicted octanol–water partition coefficient (Wildman–Crippen LogP) is 2.46. The van der Waals surface area contributed by atoms with Crippen LogP contribution < -0.4 is 10.1 Å². The van der Waals surface area contributed by atoms with Gasteiger partial charge in [0.1, 0.15) is 12.4 Å². The van der Waals surface area contributed by atoms with Crippen molar-refractivity contribution in [3.8, 4) is 5.75 Å². The number of carboxylic acid groups (broad SMARTS) is 1. The van der Waals surface area contributed by atoms with Crippen LogP contribution in [0, 0.1) is 5.41 Å². The highest BCUT2D eigenvalue weighted by molar-refractivity contribution is 5.73. The number of hydrogen-bond donors (Lipinski definition) is 2. The zero-order valence-electron chi connectivity index (χ0n) is 11.4. The predicted molar refractivity (Wildman–Crippen MR) is 70.8 cm³/mol. The summed E-state index contributed by atoms with van der Waals surface area (Å²) in [6.07, 6.45) is 0. The van der Waals surface area contributed by atoms with E-state index in [1.54, 1.807) is 13.8 Å². The minimum atomic E-state index is -0.884. The van der Waals surface area contributed by atoms with Crippen molar-refractivity contribution in [2.75, 3.05) is 13.7 Å². The Morgan fingerprint density at radius 3 is 2.72 bits per heavy atom. The molecule has 1 aromatic carbocycles. The molecule has 0 aliphatic rings. The molecule has 0 saturated carbocycles. The lowest BCUT2D eigenvalue weighted by Gasteiger charge is -2.20. The zero-order valence-corrected chi connectivity index (χ0v) is 11.4. The number of carboxylic acids is 1. The molecule has 1 atom stereocenters. The molecule has 1 rings (SSSR count). The highest BCUT2D eigenvalue weighted by Crippen LogP contribution is 2.22. The van der Waals surface area contributed by atoms with E-state index in [4.69, 9.17) is 9.84 Å². The third-order valence-electron chi connectivity index (χ3n) is 2.97. The van der Waals surface area contributed by atoms with Crippen LogP contribution in [0.4, 0.5) is 0 Å². The van der Waals surface area contributed by atoms with E-state index in [1.165, 1.54) is 0 Å². The first-order valence-corrected chi connectivity index (χ1v) is 6.00. The molecule has 0 bridgehead atoms. The van der Waals surface area contributed by atoms with E-state index in [0.29, 0.717) is 5.75 Å². The molecule has 0 aliphatic heterocycles. The Morgan fingerprint density at radius 1 is 1.50 bits per heavy atom. The Hall–Kier alpha value is -1.55. The maximum Gasteiger partial charge on any atom is 0.312 e. The third-order valence-corrected chi connectivity index (χ3v) is 2.97. The fraction of sp³-hybridized carbons (Fsp3) is 0.500. The van der Waals surface area contributed by atoms with Crippen LogP contribution in [0.3, 0.4) is 0 Å². The summed E-state index contributed by atoms with van der Waals surface area (Å²) >= 11 is 0. The highest BCUT2D eigenvalue weighted by Gasteiger charge is 2.28. The number of nitrogens with one attached hydrogen (secondary N) is 1. The largest absolute Gasteiger partial charge is 0.492 e. The molecule has 1 aromatic rings. The number of aliphatic carboxylic acids is 1. The van der Waals surface area contributed by atoms with Gasteiger partial charge in [-0.2, -0.15) is 0 Å². The van der Waals surface area contributed by atoms with Gasteiger partial charge in [-0.05, 0) is 45.5 Å². The van der Waals surface area contributed by atoms with Crippen LogP contribution in [0.5, 0.6) is 5.75 Å². The Labute approximate surface area is 108 Å². The second-order valence-corrected chi connectivity index (χ2v) is 5.06. The molecule has 0 aromatic heterocycles. The molecule has 4 heteroatoms. The first-order chi connectivity index (χ1) is 8.36. The fourth-order valence-corrected chi connectivity index (χ4v) is 1.37. The normalized spacial score (nSPS) is 13.1. The van der Waals surface area contributed by atoms with Crippen molar-refractivity contribution in [3.05, 3.63) is 29.8 Å². The summed E-state index contributed by atoms with van der Waals surface area (Å²) < 4.78 is 5.56. The van der Waals surface area contributed by atoms with Crippen LogP contribution in [0.25, 0.3) is 0 Å². The molecular weight excluding hydrogens is 230 g/mol. The average molecular weight is 251 g/mol. The van der Waals surface area contributed by atoms with Crippen LogP contribution in [0.1, 0.15) is 32.4 Å². The van der Waals surface area contributed by atoms with E-state index < -0.39 is 11.4 Å². The van der Waals surface area contributed by atoms with Gasteiger partial charge in [0.25, 0.3) is 0 Å². The van der Waals surface area contributed by atoms with Gasteiger partial charge in [-0.15, -0.1) is 0 Å². The maximum absolute atomic E-state index is 11.0. The van der Waals surface area contributed by atoms with Crippen LogP contribution in [-0.2, 0) is 4.79 Å². The molecule has 0 fully saturated rings. The summed E-state index contributed by atoms with van der Waals surface area (Å²) in [5.74, 6) is -0.161. The molecule has 0 saturated heterocycles. The van der Waals surface area contributed by atoms with Gasteiger partial charge >= 0.3 is 5.97 Å². The van der Waals surface area contributed by atoms with Crippen molar-refractivity contribution >= 4 is 5.97 Å². The van der Waals surface area contributed by atoms with E-state index in [2.05, 4.69) is 12.2 Å². The Morgan fingerprint density at radius 2 is 2.17 bits per heavy atom. The number of rotatable bonds is 6. The molecule has 2 N–H and O–H groups in total. The quantitative estimate of drug-likeness (QED) is 0.815. The van der Waals surface area contributed by atoms with Gasteiger partial charge < -0.3 is 15.2 Å². The molecule has 1 unspecified atom stereocenters. The molecule has 0 aliphatic carbocycles. The van der Waals surface area contributed by atoms with Crippen molar-refractivity contribution in [3.63, 3.8) is 0 Å². The van der Waals surface area contributed by atoms with Crippen molar-refractivity contribution in [1.29, 1.82) is 0 Å². The molecule has 0 amide bonds. The van der Waals surface area contributed by atoms with Gasteiger partial charge in [0, 0.05) is 6.04 Å². The lowest BCUT2D eigenvalue weighted by Crippen LogP contribution is -2.30. The number of benzene rings is 1. The first kappa shape index (κ1) is 14.5. The molecular formula is C14H21NO3. The Kier molecular flexibility index (Phi) is 4.73. The smallest absolute Gasteiger partial charge is 0.312 e. The minimum Gasteiger partial charge on any atom is -0.492 e. The van der Waals surface area contributed by atoms with E-state index in [9.17, 15) is 4.79 Å². The van der Waals surface area contributed by atoms with Gasteiger partial charge in [0.05, 0.1) is 5.41 Å². The molecule has 0 spiro atoms. The van der Waals surface area contributed by atoms with Gasteiger partial charge in [0.2, 0.25) is 0 Å². The van der Waals surface area contributed by atoms with E-state index in [0.717, 1.165) is 5.56 Å². The van der Waals surface area contributed by atoms with E-state index in [-0.39, 0.29) is 12.6 Å². The molecule has 100 valence electrons. The van der Waals surface area contributed by atoms with Gasteiger partial charge in [0.15, 0.2) is 0 Å². The minimum absolute atomic E-state index is 0.153. The van der Waals surface area contributed by atoms with Crippen molar-refractivity contribution < 1.29 is 14.6 Å². The summed E-state index contributed by atoms with van der Waals surface area (Å²) in [5, 5.41) is 12.2. The van der Waals surface area contributed by atoms with Crippen molar-refractivity contribution in [2.24, 2.45) is 5.41 Å². The number of ether oxygens (including phenoxy) is 1.